The molecule has 0 radical (unpaired) electrons. The molecule has 0 aromatic heterocycles. The molecule has 0 bridgehead atoms. The van der Waals surface area contributed by atoms with E-state index >= 15 is 0 Å². The molecule has 22 heavy (non-hydrogen) atoms. The molecule has 1 saturated carbocycles. The van der Waals surface area contributed by atoms with Crippen molar-refractivity contribution < 1.29 is 9.53 Å². The highest BCUT2D eigenvalue weighted by Gasteiger charge is 2.17. The summed E-state index contributed by atoms with van der Waals surface area (Å²) >= 11 is 11.8. The molecule has 1 N–H and O–H groups in total. The van der Waals surface area contributed by atoms with E-state index < -0.39 is 6.10 Å². The van der Waals surface area contributed by atoms with Crippen LogP contribution in [0.5, 0.6) is 5.75 Å². The van der Waals surface area contributed by atoms with Gasteiger partial charge in [0.15, 0.2) is 6.10 Å². The molecule has 0 saturated heterocycles. The molecule has 4 nitrogen and oxygen atoms in total. The molecule has 1 aromatic rings. The maximum absolute atomic E-state index is 12.0. The van der Waals surface area contributed by atoms with Gasteiger partial charge in [-0.05, 0) is 56.7 Å². The van der Waals surface area contributed by atoms with Crippen molar-refractivity contribution >= 4 is 34.8 Å². The third kappa shape index (κ3) is 4.89. The molecular formula is C16H20Cl2N2O2. The molecule has 6 heteroatoms. The Morgan fingerprint density at radius 2 is 2.05 bits per heavy atom. The van der Waals surface area contributed by atoms with E-state index in [1.165, 1.54) is 0 Å². The lowest BCUT2D eigenvalue weighted by Gasteiger charge is -2.19. The van der Waals surface area contributed by atoms with Crippen LogP contribution in [0.1, 0.15) is 39.5 Å². The van der Waals surface area contributed by atoms with Crippen LogP contribution < -0.4 is 10.2 Å². The first-order valence-electron chi connectivity index (χ1n) is 7.42. The first-order valence-corrected chi connectivity index (χ1v) is 8.18. The molecule has 1 fully saturated rings. The Morgan fingerprint density at radius 3 is 2.68 bits per heavy atom. The van der Waals surface area contributed by atoms with E-state index in [0.29, 0.717) is 15.8 Å². The number of ether oxygens (including phenoxy) is 1. The van der Waals surface area contributed by atoms with Crippen LogP contribution in [-0.2, 0) is 4.79 Å². The molecule has 120 valence electrons. The molecule has 1 aromatic carbocycles. The predicted molar refractivity (Wildman–Crippen MR) is 89.8 cm³/mol. The fourth-order valence-corrected chi connectivity index (χ4v) is 2.70. The van der Waals surface area contributed by atoms with E-state index in [9.17, 15) is 4.79 Å². The summed E-state index contributed by atoms with van der Waals surface area (Å²) in [5.41, 5.74) is 3.62. The fourth-order valence-electron chi connectivity index (χ4n) is 2.25. The van der Waals surface area contributed by atoms with E-state index in [-0.39, 0.29) is 5.91 Å². The molecule has 1 atom stereocenters. The van der Waals surface area contributed by atoms with Gasteiger partial charge in [0.1, 0.15) is 5.75 Å². The van der Waals surface area contributed by atoms with Crippen LogP contribution in [0, 0.1) is 5.92 Å². The first-order chi connectivity index (χ1) is 10.5. The van der Waals surface area contributed by atoms with Crippen molar-refractivity contribution in [2.45, 2.75) is 45.6 Å². The van der Waals surface area contributed by atoms with E-state index in [1.807, 2.05) is 0 Å². The summed E-state index contributed by atoms with van der Waals surface area (Å²) in [6.07, 6.45) is 3.45. The molecule has 1 aliphatic carbocycles. The Labute approximate surface area is 140 Å². The Bertz CT molecular complexity index is 565. The van der Waals surface area contributed by atoms with E-state index in [2.05, 4.69) is 17.5 Å². The average molecular weight is 343 g/mol. The molecule has 0 spiro atoms. The fraction of sp³-hybridized carbons (Fsp3) is 0.500. The van der Waals surface area contributed by atoms with Gasteiger partial charge < -0.3 is 4.74 Å². The maximum Gasteiger partial charge on any atom is 0.280 e. The Hall–Kier alpha value is -1.26. The number of hydrazone groups is 1. The molecule has 1 amide bonds. The lowest BCUT2D eigenvalue weighted by Crippen LogP contribution is -2.34. The van der Waals surface area contributed by atoms with E-state index in [1.54, 1.807) is 25.1 Å². The van der Waals surface area contributed by atoms with Crippen molar-refractivity contribution in [3.05, 3.63) is 28.2 Å². The van der Waals surface area contributed by atoms with Gasteiger partial charge in [0.25, 0.3) is 5.91 Å². The topological polar surface area (TPSA) is 50.7 Å². The number of amides is 1. The number of rotatable bonds is 4. The zero-order valence-corrected chi connectivity index (χ0v) is 14.2. The molecule has 0 aliphatic heterocycles. The van der Waals surface area contributed by atoms with Crippen LogP contribution in [0.3, 0.4) is 0 Å². The van der Waals surface area contributed by atoms with Crippen LogP contribution in [-0.4, -0.2) is 17.7 Å². The third-order valence-corrected chi connectivity index (χ3v) is 4.27. The van der Waals surface area contributed by atoms with Crippen molar-refractivity contribution in [3.8, 4) is 5.75 Å². The summed E-state index contributed by atoms with van der Waals surface area (Å²) in [4.78, 5) is 12.0. The van der Waals surface area contributed by atoms with Gasteiger partial charge >= 0.3 is 0 Å². The highest BCUT2D eigenvalue weighted by molar-refractivity contribution is 6.35. The van der Waals surface area contributed by atoms with Gasteiger partial charge in [0.2, 0.25) is 0 Å². The van der Waals surface area contributed by atoms with E-state index in [0.717, 1.165) is 37.3 Å². The van der Waals surface area contributed by atoms with Gasteiger partial charge in [-0.25, -0.2) is 5.43 Å². The second kappa shape index (κ2) is 7.84. The van der Waals surface area contributed by atoms with Gasteiger partial charge in [0, 0.05) is 10.7 Å². The SMILES string of the molecule is CC1CCC(=NNC(=O)C(C)Oc2ccc(Cl)cc2Cl)CC1. The Balaban J connectivity index is 1.88. The number of carbonyl (C=O) groups is 1. The van der Waals surface area contributed by atoms with Gasteiger partial charge in [-0.15, -0.1) is 0 Å². The second-order valence-corrected chi connectivity index (χ2v) is 6.52. The van der Waals surface area contributed by atoms with Crippen molar-refractivity contribution in [3.63, 3.8) is 0 Å². The monoisotopic (exact) mass is 342 g/mol. The smallest absolute Gasteiger partial charge is 0.280 e. The highest BCUT2D eigenvalue weighted by atomic mass is 35.5. The number of nitrogens with zero attached hydrogens (tertiary/aromatic N) is 1. The van der Waals surface area contributed by atoms with E-state index in [4.69, 9.17) is 27.9 Å². The summed E-state index contributed by atoms with van der Waals surface area (Å²) in [5, 5.41) is 5.10. The number of carbonyl (C=O) groups excluding carboxylic acids is 1. The Morgan fingerprint density at radius 1 is 1.36 bits per heavy atom. The molecule has 0 heterocycles. The lowest BCUT2D eigenvalue weighted by atomic mass is 9.90. The summed E-state index contributed by atoms with van der Waals surface area (Å²) in [5.74, 6) is 0.869. The predicted octanol–water partition coefficient (Wildman–Crippen LogP) is 4.44. The van der Waals surface area contributed by atoms with Gasteiger partial charge in [-0.1, -0.05) is 30.1 Å². The number of benzene rings is 1. The summed E-state index contributed by atoms with van der Waals surface area (Å²) < 4.78 is 5.55. The second-order valence-electron chi connectivity index (χ2n) is 5.67. The average Bonchev–Trinajstić information content (AvgIpc) is 2.49. The number of hydrogen-bond donors (Lipinski definition) is 1. The first kappa shape index (κ1) is 17.1. The zero-order chi connectivity index (χ0) is 16.1. The number of nitrogens with one attached hydrogen (secondary N) is 1. The van der Waals surface area contributed by atoms with Gasteiger partial charge in [0.05, 0.1) is 5.02 Å². The largest absolute Gasteiger partial charge is 0.479 e. The highest BCUT2D eigenvalue weighted by Crippen LogP contribution is 2.28. The van der Waals surface area contributed by atoms with Crippen molar-refractivity contribution in [1.29, 1.82) is 0 Å². The standard InChI is InChI=1S/C16H20Cl2N2O2/c1-10-3-6-13(7-4-10)19-20-16(21)11(2)22-15-8-5-12(17)9-14(15)18/h5,8-11H,3-4,6-7H2,1-2H3,(H,20,21). The summed E-state index contributed by atoms with van der Waals surface area (Å²) in [6, 6.07) is 4.88. The quantitative estimate of drug-likeness (QED) is 0.822. The van der Waals surface area contributed by atoms with Crippen LogP contribution >= 0.6 is 23.2 Å². The van der Waals surface area contributed by atoms with Crippen molar-refractivity contribution in [2.24, 2.45) is 11.0 Å². The van der Waals surface area contributed by atoms with Gasteiger partial charge in [-0.3, -0.25) is 4.79 Å². The minimum atomic E-state index is -0.689. The Kier molecular flexibility index (Phi) is 6.09. The minimum absolute atomic E-state index is 0.294. The third-order valence-electron chi connectivity index (χ3n) is 3.74. The van der Waals surface area contributed by atoms with Crippen LogP contribution in [0.15, 0.2) is 23.3 Å². The van der Waals surface area contributed by atoms with Crippen molar-refractivity contribution in [1.82, 2.24) is 5.43 Å². The molecular weight excluding hydrogens is 323 g/mol. The van der Waals surface area contributed by atoms with Crippen LogP contribution in [0.4, 0.5) is 0 Å². The number of halogens is 2. The summed E-state index contributed by atoms with van der Waals surface area (Å²) in [6.45, 7) is 3.89. The normalized spacial score (nSPS) is 19.5. The van der Waals surface area contributed by atoms with Gasteiger partial charge in [-0.2, -0.15) is 5.10 Å². The maximum atomic E-state index is 12.0. The number of hydrogen-bond acceptors (Lipinski definition) is 3. The molecule has 1 unspecified atom stereocenters. The molecule has 2 rings (SSSR count). The van der Waals surface area contributed by atoms with Crippen molar-refractivity contribution in [2.75, 3.05) is 0 Å². The lowest BCUT2D eigenvalue weighted by molar-refractivity contribution is -0.127. The summed E-state index contributed by atoms with van der Waals surface area (Å²) in [7, 11) is 0. The minimum Gasteiger partial charge on any atom is -0.479 e. The molecule has 1 aliphatic rings. The van der Waals surface area contributed by atoms with Crippen LogP contribution in [0.2, 0.25) is 10.0 Å². The van der Waals surface area contributed by atoms with Crippen LogP contribution in [0.25, 0.3) is 0 Å². The zero-order valence-electron chi connectivity index (χ0n) is 12.7.